The fourth-order valence-corrected chi connectivity index (χ4v) is 2.61. The zero-order valence-electron chi connectivity index (χ0n) is 11.0. The van der Waals surface area contributed by atoms with Crippen LogP contribution in [0.25, 0.3) is 0 Å². The summed E-state index contributed by atoms with van der Waals surface area (Å²) in [6.07, 6.45) is 0.713. The van der Waals surface area contributed by atoms with Crippen molar-refractivity contribution in [3.63, 3.8) is 0 Å². The first-order valence-corrected chi connectivity index (χ1v) is 6.69. The molecule has 3 N–H and O–H groups in total. The van der Waals surface area contributed by atoms with Crippen LogP contribution in [0.4, 0.5) is 4.79 Å². The van der Waals surface area contributed by atoms with Crippen LogP contribution >= 0.6 is 0 Å². The minimum atomic E-state index is -0.930. The van der Waals surface area contributed by atoms with Gasteiger partial charge in [0.2, 0.25) is 5.91 Å². The minimum Gasteiger partial charge on any atom is -0.465 e. The quantitative estimate of drug-likeness (QED) is 0.710. The number of amides is 2. The first kappa shape index (κ1) is 14.1. The van der Waals surface area contributed by atoms with Gasteiger partial charge in [-0.3, -0.25) is 4.79 Å². The number of nitrogens with two attached hydrogens (primary N) is 1. The van der Waals surface area contributed by atoms with E-state index in [1.807, 2.05) is 0 Å². The molecule has 0 aromatic heterocycles. The Labute approximate surface area is 112 Å². The van der Waals surface area contributed by atoms with Gasteiger partial charge in [0.15, 0.2) is 0 Å². The summed E-state index contributed by atoms with van der Waals surface area (Å²) in [7, 11) is 0. The Morgan fingerprint density at radius 1 is 1.11 bits per heavy atom. The summed E-state index contributed by atoms with van der Waals surface area (Å²) in [6, 6.07) is -0.486. The molecule has 2 saturated heterocycles. The number of nitrogens with zero attached hydrogens (tertiary/aromatic N) is 2. The molecule has 19 heavy (non-hydrogen) atoms. The van der Waals surface area contributed by atoms with Gasteiger partial charge in [0.25, 0.3) is 0 Å². The summed E-state index contributed by atoms with van der Waals surface area (Å²) in [5.41, 5.74) is 6.04. The zero-order valence-corrected chi connectivity index (χ0v) is 11.0. The third-order valence-corrected chi connectivity index (χ3v) is 3.92. The summed E-state index contributed by atoms with van der Waals surface area (Å²) in [6.45, 7) is 2.92. The lowest BCUT2D eigenvalue weighted by Crippen LogP contribution is -2.56. The Morgan fingerprint density at radius 2 is 1.63 bits per heavy atom. The molecule has 0 spiro atoms. The standard InChI is InChI=1S/C12H21N3O4/c13-10(9-1-7-19-8-2-9)11(16)14-3-5-15(6-4-14)12(17)18/h9-10H,1-8,13H2,(H,17,18). The van der Waals surface area contributed by atoms with Crippen LogP contribution in [0.15, 0.2) is 0 Å². The number of hydrogen-bond acceptors (Lipinski definition) is 4. The summed E-state index contributed by atoms with van der Waals surface area (Å²) in [4.78, 5) is 26.1. The number of hydrogen-bond donors (Lipinski definition) is 2. The Bertz CT molecular complexity index is 336. The molecule has 0 aromatic rings. The van der Waals surface area contributed by atoms with Crippen molar-refractivity contribution in [2.24, 2.45) is 11.7 Å². The molecule has 0 saturated carbocycles. The van der Waals surface area contributed by atoms with E-state index in [1.54, 1.807) is 4.90 Å². The van der Waals surface area contributed by atoms with Crippen LogP contribution in [-0.4, -0.2) is 72.3 Å². The van der Waals surface area contributed by atoms with E-state index in [1.165, 1.54) is 4.90 Å². The van der Waals surface area contributed by atoms with Crippen LogP contribution in [0.2, 0.25) is 0 Å². The fourth-order valence-electron chi connectivity index (χ4n) is 2.61. The summed E-state index contributed by atoms with van der Waals surface area (Å²) >= 11 is 0. The second kappa shape index (κ2) is 6.21. The second-order valence-corrected chi connectivity index (χ2v) is 5.07. The number of carbonyl (C=O) groups is 2. The monoisotopic (exact) mass is 271 g/mol. The maximum absolute atomic E-state index is 12.3. The molecule has 2 rings (SSSR count). The van der Waals surface area contributed by atoms with Gasteiger partial charge in [0.05, 0.1) is 6.04 Å². The lowest BCUT2D eigenvalue weighted by Gasteiger charge is -2.36. The molecular weight excluding hydrogens is 250 g/mol. The SMILES string of the molecule is NC(C(=O)N1CCN(C(=O)O)CC1)C1CCOCC1. The van der Waals surface area contributed by atoms with Gasteiger partial charge in [-0.05, 0) is 18.8 Å². The molecular formula is C12H21N3O4. The van der Waals surface area contributed by atoms with Crippen molar-refractivity contribution < 1.29 is 19.4 Å². The molecule has 2 fully saturated rings. The van der Waals surface area contributed by atoms with Crippen molar-refractivity contribution in [1.29, 1.82) is 0 Å². The molecule has 1 atom stereocenters. The molecule has 2 amide bonds. The third-order valence-electron chi connectivity index (χ3n) is 3.92. The number of carbonyl (C=O) groups excluding carboxylic acids is 1. The van der Waals surface area contributed by atoms with E-state index in [4.69, 9.17) is 15.6 Å². The second-order valence-electron chi connectivity index (χ2n) is 5.07. The van der Waals surface area contributed by atoms with E-state index < -0.39 is 12.1 Å². The Hall–Kier alpha value is -1.34. The molecule has 0 aromatic carbocycles. The molecule has 7 heteroatoms. The molecule has 0 aliphatic carbocycles. The van der Waals surface area contributed by atoms with Crippen molar-refractivity contribution in [3.8, 4) is 0 Å². The maximum Gasteiger partial charge on any atom is 0.407 e. The smallest absolute Gasteiger partial charge is 0.407 e. The van der Waals surface area contributed by atoms with Gasteiger partial charge >= 0.3 is 6.09 Å². The van der Waals surface area contributed by atoms with Crippen LogP contribution in [0.3, 0.4) is 0 Å². The van der Waals surface area contributed by atoms with Gasteiger partial charge in [0.1, 0.15) is 0 Å². The summed E-state index contributed by atoms with van der Waals surface area (Å²) in [5.74, 6) is 0.121. The van der Waals surface area contributed by atoms with Crippen molar-refractivity contribution in [2.45, 2.75) is 18.9 Å². The highest BCUT2D eigenvalue weighted by Crippen LogP contribution is 2.19. The lowest BCUT2D eigenvalue weighted by atomic mass is 9.91. The van der Waals surface area contributed by atoms with Crippen molar-refractivity contribution >= 4 is 12.0 Å². The zero-order chi connectivity index (χ0) is 13.8. The fraction of sp³-hybridized carbons (Fsp3) is 0.833. The number of ether oxygens (including phenoxy) is 1. The first-order chi connectivity index (χ1) is 9.09. The van der Waals surface area contributed by atoms with Crippen molar-refractivity contribution in [1.82, 2.24) is 9.80 Å². The largest absolute Gasteiger partial charge is 0.465 e. The highest BCUT2D eigenvalue weighted by molar-refractivity contribution is 5.82. The molecule has 0 radical (unpaired) electrons. The van der Waals surface area contributed by atoms with Gasteiger partial charge in [0, 0.05) is 39.4 Å². The summed E-state index contributed by atoms with van der Waals surface area (Å²) in [5, 5.41) is 8.86. The minimum absolute atomic E-state index is 0.0584. The predicted octanol–water partition coefficient (Wildman–Crippen LogP) is -0.437. The third kappa shape index (κ3) is 3.36. The lowest BCUT2D eigenvalue weighted by molar-refractivity contribution is -0.136. The van der Waals surface area contributed by atoms with E-state index in [2.05, 4.69) is 0 Å². The number of rotatable bonds is 2. The molecule has 108 valence electrons. The van der Waals surface area contributed by atoms with Crippen LogP contribution in [0.5, 0.6) is 0 Å². The highest BCUT2D eigenvalue weighted by Gasteiger charge is 2.32. The average molecular weight is 271 g/mol. The summed E-state index contributed by atoms with van der Waals surface area (Å²) < 4.78 is 5.26. The maximum atomic E-state index is 12.3. The molecule has 2 aliphatic rings. The van der Waals surface area contributed by atoms with Crippen molar-refractivity contribution in [2.75, 3.05) is 39.4 Å². The Balaban J connectivity index is 1.84. The van der Waals surface area contributed by atoms with Crippen LogP contribution in [0.1, 0.15) is 12.8 Å². The molecule has 0 bridgehead atoms. The number of carboxylic acid groups (broad SMARTS) is 1. The average Bonchev–Trinajstić information content (AvgIpc) is 2.46. The van der Waals surface area contributed by atoms with Gasteiger partial charge < -0.3 is 25.4 Å². The number of piperazine rings is 1. The van der Waals surface area contributed by atoms with E-state index in [9.17, 15) is 9.59 Å². The van der Waals surface area contributed by atoms with Crippen LogP contribution < -0.4 is 5.73 Å². The molecule has 7 nitrogen and oxygen atoms in total. The van der Waals surface area contributed by atoms with E-state index >= 15 is 0 Å². The van der Waals surface area contributed by atoms with Gasteiger partial charge in [-0.2, -0.15) is 0 Å². The van der Waals surface area contributed by atoms with Gasteiger partial charge in [-0.15, -0.1) is 0 Å². The van der Waals surface area contributed by atoms with Crippen LogP contribution in [0, 0.1) is 5.92 Å². The van der Waals surface area contributed by atoms with Crippen LogP contribution in [-0.2, 0) is 9.53 Å². The molecule has 1 unspecified atom stereocenters. The van der Waals surface area contributed by atoms with Crippen molar-refractivity contribution in [3.05, 3.63) is 0 Å². The first-order valence-electron chi connectivity index (χ1n) is 6.69. The normalized spacial score (nSPS) is 23.2. The Kier molecular flexibility index (Phi) is 4.60. The predicted molar refractivity (Wildman–Crippen MR) is 67.7 cm³/mol. The van der Waals surface area contributed by atoms with E-state index in [-0.39, 0.29) is 11.8 Å². The van der Waals surface area contributed by atoms with Gasteiger partial charge in [-0.25, -0.2) is 4.79 Å². The van der Waals surface area contributed by atoms with Gasteiger partial charge in [-0.1, -0.05) is 0 Å². The molecule has 2 aliphatic heterocycles. The topological polar surface area (TPSA) is 96.1 Å². The van der Waals surface area contributed by atoms with E-state index in [0.717, 1.165) is 12.8 Å². The van der Waals surface area contributed by atoms with E-state index in [0.29, 0.717) is 39.4 Å². The molecule has 2 heterocycles. The Morgan fingerprint density at radius 3 is 2.16 bits per heavy atom. The highest BCUT2D eigenvalue weighted by atomic mass is 16.5.